The molecule has 3 rings (SSSR count). The maximum Gasteiger partial charge on any atom is 0.258 e. The Morgan fingerprint density at radius 2 is 2.05 bits per heavy atom. The van der Waals surface area contributed by atoms with Crippen LogP contribution in [0.5, 0.6) is 0 Å². The van der Waals surface area contributed by atoms with Crippen molar-refractivity contribution in [1.29, 1.82) is 0 Å². The quantitative estimate of drug-likeness (QED) is 0.802. The second-order valence-corrected chi connectivity index (χ2v) is 5.44. The second-order valence-electron chi connectivity index (χ2n) is 4.52. The van der Waals surface area contributed by atoms with Gasteiger partial charge in [-0.2, -0.15) is 0 Å². The van der Waals surface area contributed by atoms with Gasteiger partial charge in [-0.3, -0.25) is 4.79 Å². The van der Waals surface area contributed by atoms with Crippen LogP contribution < -0.4 is 5.32 Å². The van der Waals surface area contributed by atoms with Crippen LogP contribution in [0.4, 0.5) is 5.69 Å². The van der Waals surface area contributed by atoms with Crippen LogP contribution in [0.15, 0.2) is 46.2 Å². The van der Waals surface area contributed by atoms with E-state index in [4.69, 9.17) is 4.42 Å². The van der Waals surface area contributed by atoms with E-state index in [0.29, 0.717) is 11.8 Å². The highest BCUT2D eigenvalue weighted by molar-refractivity contribution is 7.13. The summed E-state index contributed by atoms with van der Waals surface area (Å²) in [7, 11) is 0. The summed E-state index contributed by atoms with van der Waals surface area (Å²) in [6.07, 6.45) is 0.0618. The molecule has 3 aromatic rings. The van der Waals surface area contributed by atoms with Crippen molar-refractivity contribution in [2.24, 2.45) is 0 Å². The molecule has 106 valence electrons. The van der Waals surface area contributed by atoms with Crippen molar-refractivity contribution < 1.29 is 9.21 Å². The number of rotatable bonds is 4. The Hall–Kier alpha value is -2.47. The van der Waals surface area contributed by atoms with Crippen molar-refractivity contribution in [2.45, 2.75) is 13.3 Å². The van der Waals surface area contributed by atoms with E-state index < -0.39 is 0 Å². The number of anilines is 1. The van der Waals surface area contributed by atoms with Crippen molar-refractivity contribution in [1.82, 2.24) is 10.2 Å². The molecule has 1 aromatic carbocycles. The van der Waals surface area contributed by atoms with Gasteiger partial charge >= 0.3 is 0 Å². The lowest BCUT2D eigenvalue weighted by Gasteiger charge is -2.02. The lowest BCUT2D eigenvalue weighted by atomic mass is 10.3. The number of benzene rings is 1. The van der Waals surface area contributed by atoms with Crippen molar-refractivity contribution in [3.8, 4) is 10.8 Å². The number of nitrogens with one attached hydrogen (secondary N) is 1. The molecule has 6 heteroatoms. The van der Waals surface area contributed by atoms with Gasteiger partial charge < -0.3 is 9.73 Å². The SMILES string of the molecule is Cc1ccsc1-c1nnc(CC(=O)Nc2ccccc2)o1. The molecule has 0 spiro atoms. The Morgan fingerprint density at radius 1 is 1.24 bits per heavy atom. The molecule has 0 saturated heterocycles. The van der Waals surface area contributed by atoms with Gasteiger partial charge in [-0.15, -0.1) is 21.5 Å². The number of aryl methyl sites for hydroxylation is 1. The number of hydrogen-bond acceptors (Lipinski definition) is 5. The smallest absolute Gasteiger partial charge is 0.258 e. The third-order valence-corrected chi connectivity index (χ3v) is 3.90. The Labute approximate surface area is 125 Å². The molecule has 21 heavy (non-hydrogen) atoms. The number of carbonyl (C=O) groups is 1. The van der Waals surface area contributed by atoms with Gasteiger partial charge in [-0.1, -0.05) is 18.2 Å². The zero-order valence-corrected chi connectivity index (χ0v) is 12.2. The van der Waals surface area contributed by atoms with Crippen LogP contribution in [0.3, 0.4) is 0 Å². The first-order valence-corrected chi connectivity index (χ1v) is 7.32. The fraction of sp³-hybridized carbons (Fsp3) is 0.133. The summed E-state index contributed by atoms with van der Waals surface area (Å²) in [6.45, 7) is 1.98. The fourth-order valence-electron chi connectivity index (χ4n) is 1.87. The molecule has 0 aliphatic rings. The number of hydrogen-bond donors (Lipinski definition) is 1. The summed E-state index contributed by atoms with van der Waals surface area (Å²) < 4.78 is 5.54. The molecule has 0 fully saturated rings. The van der Waals surface area contributed by atoms with Crippen LogP contribution >= 0.6 is 11.3 Å². The highest BCUT2D eigenvalue weighted by atomic mass is 32.1. The van der Waals surface area contributed by atoms with E-state index >= 15 is 0 Å². The van der Waals surface area contributed by atoms with Crippen LogP contribution in [0.25, 0.3) is 10.8 Å². The third-order valence-electron chi connectivity index (χ3n) is 2.89. The number of amides is 1. The molecule has 0 bridgehead atoms. The predicted molar refractivity (Wildman–Crippen MR) is 81.1 cm³/mol. The van der Waals surface area contributed by atoms with Crippen molar-refractivity contribution in [3.63, 3.8) is 0 Å². The molecule has 2 heterocycles. The van der Waals surface area contributed by atoms with Crippen LogP contribution in [0.1, 0.15) is 11.5 Å². The van der Waals surface area contributed by atoms with Crippen LogP contribution in [-0.4, -0.2) is 16.1 Å². The Balaban J connectivity index is 1.67. The van der Waals surface area contributed by atoms with Gasteiger partial charge in [0, 0.05) is 5.69 Å². The van der Waals surface area contributed by atoms with E-state index in [-0.39, 0.29) is 12.3 Å². The lowest BCUT2D eigenvalue weighted by Crippen LogP contribution is -2.14. The monoisotopic (exact) mass is 299 g/mol. The van der Waals surface area contributed by atoms with Gasteiger partial charge in [0.2, 0.25) is 11.8 Å². The summed E-state index contributed by atoms with van der Waals surface area (Å²) in [5, 5.41) is 12.7. The topological polar surface area (TPSA) is 68.0 Å². The summed E-state index contributed by atoms with van der Waals surface area (Å²) >= 11 is 1.54. The van der Waals surface area contributed by atoms with Gasteiger partial charge in [0.1, 0.15) is 6.42 Å². The second kappa shape index (κ2) is 5.88. The van der Waals surface area contributed by atoms with Gasteiger partial charge in [0.15, 0.2) is 0 Å². The average molecular weight is 299 g/mol. The number of carbonyl (C=O) groups excluding carboxylic acids is 1. The van der Waals surface area contributed by atoms with E-state index in [0.717, 1.165) is 16.1 Å². The summed E-state index contributed by atoms with van der Waals surface area (Å²) in [4.78, 5) is 12.9. The van der Waals surface area contributed by atoms with Gasteiger partial charge in [0.05, 0.1) is 4.88 Å². The van der Waals surface area contributed by atoms with E-state index in [9.17, 15) is 4.79 Å². The first-order chi connectivity index (χ1) is 10.2. The van der Waals surface area contributed by atoms with Crippen molar-refractivity contribution >= 4 is 22.9 Å². The van der Waals surface area contributed by atoms with E-state index in [1.807, 2.05) is 48.7 Å². The number of nitrogens with zero attached hydrogens (tertiary/aromatic N) is 2. The Kier molecular flexibility index (Phi) is 3.79. The zero-order chi connectivity index (χ0) is 14.7. The molecule has 1 N–H and O–H groups in total. The van der Waals surface area contributed by atoms with Gasteiger partial charge in [0.25, 0.3) is 5.89 Å². The Morgan fingerprint density at radius 3 is 2.76 bits per heavy atom. The zero-order valence-electron chi connectivity index (χ0n) is 11.4. The molecule has 0 aliphatic carbocycles. The number of para-hydroxylation sites is 1. The van der Waals surface area contributed by atoms with Crippen LogP contribution in [-0.2, 0) is 11.2 Å². The third kappa shape index (κ3) is 3.17. The molecule has 0 atom stereocenters. The fourth-order valence-corrected chi connectivity index (χ4v) is 2.72. The van der Waals surface area contributed by atoms with E-state index in [2.05, 4.69) is 15.5 Å². The summed E-state index contributed by atoms with van der Waals surface area (Å²) in [5.74, 6) is 0.593. The maximum atomic E-state index is 11.9. The minimum absolute atomic E-state index is 0.0618. The average Bonchev–Trinajstić information content (AvgIpc) is 3.08. The molecule has 0 saturated carbocycles. The molecule has 5 nitrogen and oxygen atoms in total. The Bertz CT molecular complexity index is 749. The largest absolute Gasteiger partial charge is 0.419 e. The summed E-state index contributed by atoms with van der Waals surface area (Å²) in [5.41, 5.74) is 1.83. The standard InChI is InChI=1S/C15H13N3O2S/c1-10-7-8-21-14(10)15-18-17-13(20-15)9-12(19)16-11-5-3-2-4-6-11/h2-8H,9H2,1H3,(H,16,19). The molecule has 2 aromatic heterocycles. The van der Waals surface area contributed by atoms with Crippen LogP contribution in [0.2, 0.25) is 0 Å². The first-order valence-electron chi connectivity index (χ1n) is 6.44. The van der Waals surface area contributed by atoms with E-state index in [1.165, 1.54) is 0 Å². The highest BCUT2D eigenvalue weighted by Gasteiger charge is 2.14. The molecule has 1 amide bonds. The van der Waals surface area contributed by atoms with Gasteiger partial charge in [-0.25, -0.2) is 0 Å². The molecule has 0 unspecified atom stereocenters. The van der Waals surface area contributed by atoms with Crippen molar-refractivity contribution in [3.05, 3.63) is 53.2 Å². The predicted octanol–water partition coefficient (Wildman–Crippen LogP) is 3.29. The highest BCUT2D eigenvalue weighted by Crippen LogP contribution is 2.27. The van der Waals surface area contributed by atoms with Crippen molar-refractivity contribution in [2.75, 3.05) is 5.32 Å². The van der Waals surface area contributed by atoms with E-state index in [1.54, 1.807) is 11.3 Å². The summed E-state index contributed by atoms with van der Waals surface area (Å²) in [6, 6.07) is 11.3. The molecule has 0 radical (unpaired) electrons. The minimum atomic E-state index is -0.181. The molecular weight excluding hydrogens is 286 g/mol. The normalized spacial score (nSPS) is 10.5. The molecule has 0 aliphatic heterocycles. The first kappa shape index (κ1) is 13.5. The van der Waals surface area contributed by atoms with Gasteiger partial charge in [-0.05, 0) is 36.1 Å². The minimum Gasteiger partial charge on any atom is -0.419 e. The maximum absolute atomic E-state index is 11.9. The number of thiophene rings is 1. The number of aromatic nitrogens is 2. The molecular formula is C15H13N3O2S. The lowest BCUT2D eigenvalue weighted by molar-refractivity contribution is -0.115. The van der Waals surface area contributed by atoms with Crippen LogP contribution in [0, 0.1) is 6.92 Å².